The summed E-state index contributed by atoms with van der Waals surface area (Å²) < 4.78 is 10.4. The summed E-state index contributed by atoms with van der Waals surface area (Å²) in [5, 5.41) is 3.55. The van der Waals surface area contributed by atoms with Gasteiger partial charge in [0.15, 0.2) is 0 Å². The number of amides is 1. The second-order valence-electron chi connectivity index (χ2n) is 4.48. The number of rotatable bonds is 5. The number of ether oxygens (including phenoxy) is 1. The van der Waals surface area contributed by atoms with E-state index in [0.717, 1.165) is 5.56 Å². The number of benzene rings is 1. The Labute approximate surface area is 122 Å². The number of hydrogen-bond donors (Lipinski definition) is 1. The summed E-state index contributed by atoms with van der Waals surface area (Å²) in [6.45, 7) is 1.89. The molecule has 106 valence electrons. The van der Waals surface area contributed by atoms with Crippen molar-refractivity contribution >= 4 is 17.5 Å². The monoisotopic (exact) mass is 293 g/mol. The zero-order chi connectivity index (χ0) is 14.5. The first-order valence-corrected chi connectivity index (χ1v) is 6.61. The molecule has 1 aromatic carbocycles. The van der Waals surface area contributed by atoms with Gasteiger partial charge in [0.25, 0.3) is 5.91 Å². The zero-order valence-corrected chi connectivity index (χ0v) is 12.1. The van der Waals surface area contributed by atoms with Crippen LogP contribution in [0.15, 0.2) is 47.3 Å². The molecule has 5 heteroatoms. The third-order valence-electron chi connectivity index (χ3n) is 3.05. The molecule has 1 amide bonds. The maximum absolute atomic E-state index is 12.0. The van der Waals surface area contributed by atoms with E-state index in [4.69, 9.17) is 20.8 Å². The van der Waals surface area contributed by atoms with Crippen molar-refractivity contribution in [2.24, 2.45) is 0 Å². The van der Waals surface area contributed by atoms with Gasteiger partial charge < -0.3 is 14.5 Å². The van der Waals surface area contributed by atoms with Crippen molar-refractivity contribution in [3.8, 4) is 0 Å². The molecule has 2 rings (SSSR count). The Morgan fingerprint density at radius 1 is 1.30 bits per heavy atom. The zero-order valence-electron chi connectivity index (χ0n) is 11.3. The topological polar surface area (TPSA) is 51.5 Å². The molecule has 1 aromatic heterocycles. The highest BCUT2D eigenvalue weighted by Gasteiger charge is 2.21. The summed E-state index contributed by atoms with van der Waals surface area (Å²) in [5.74, 6) is -0.192. The van der Waals surface area contributed by atoms with Crippen LogP contribution >= 0.6 is 11.6 Å². The van der Waals surface area contributed by atoms with Crippen LogP contribution in [-0.2, 0) is 4.74 Å². The van der Waals surface area contributed by atoms with Crippen LogP contribution in [-0.4, -0.2) is 19.1 Å². The second-order valence-corrected chi connectivity index (χ2v) is 4.92. The first kappa shape index (κ1) is 14.6. The Morgan fingerprint density at radius 2 is 2.00 bits per heavy atom. The summed E-state index contributed by atoms with van der Waals surface area (Å²) >= 11 is 5.87. The standard InChI is InChI=1S/C15H16ClNO3/c1-10(17-15(18)12-7-8-20-9-12)14(19-2)11-3-5-13(16)6-4-11/h3-10,14H,1-2H3,(H,17,18). The minimum atomic E-state index is -0.247. The van der Waals surface area contributed by atoms with Gasteiger partial charge in [0, 0.05) is 12.1 Å². The van der Waals surface area contributed by atoms with Gasteiger partial charge in [0.05, 0.1) is 17.9 Å². The number of furan rings is 1. The average molecular weight is 294 g/mol. The van der Waals surface area contributed by atoms with E-state index in [1.54, 1.807) is 25.3 Å². The molecule has 0 saturated heterocycles. The van der Waals surface area contributed by atoms with E-state index in [1.165, 1.54) is 12.5 Å². The summed E-state index contributed by atoms with van der Waals surface area (Å²) in [6.07, 6.45) is 2.63. The van der Waals surface area contributed by atoms with Gasteiger partial charge in [-0.05, 0) is 30.7 Å². The second kappa shape index (κ2) is 6.59. The van der Waals surface area contributed by atoms with E-state index >= 15 is 0 Å². The first-order chi connectivity index (χ1) is 9.61. The van der Waals surface area contributed by atoms with E-state index in [0.29, 0.717) is 10.6 Å². The molecule has 1 N–H and O–H groups in total. The smallest absolute Gasteiger partial charge is 0.254 e. The molecule has 0 saturated carbocycles. The Morgan fingerprint density at radius 3 is 2.55 bits per heavy atom. The molecule has 4 nitrogen and oxygen atoms in total. The molecule has 2 aromatic rings. The van der Waals surface area contributed by atoms with Gasteiger partial charge in [0.1, 0.15) is 12.4 Å². The SMILES string of the molecule is COC(c1ccc(Cl)cc1)C(C)NC(=O)c1ccoc1. The van der Waals surface area contributed by atoms with Gasteiger partial charge >= 0.3 is 0 Å². The van der Waals surface area contributed by atoms with Crippen molar-refractivity contribution in [2.45, 2.75) is 19.1 Å². The summed E-state index contributed by atoms with van der Waals surface area (Å²) in [5.41, 5.74) is 1.44. The molecular formula is C15H16ClNO3. The van der Waals surface area contributed by atoms with Gasteiger partial charge in [-0.3, -0.25) is 4.79 Å². The Balaban J connectivity index is 2.07. The van der Waals surface area contributed by atoms with Crippen LogP contribution in [0.5, 0.6) is 0 Å². The van der Waals surface area contributed by atoms with Crippen LogP contribution in [0, 0.1) is 0 Å². The predicted octanol–water partition coefficient (Wildman–Crippen LogP) is 3.44. The van der Waals surface area contributed by atoms with E-state index in [-0.39, 0.29) is 18.1 Å². The number of carbonyl (C=O) groups is 1. The number of halogens is 1. The first-order valence-electron chi connectivity index (χ1n) is 6.23. The van der Waals surface area contributed by atoms with Gasteiger partial charge in [0.2, 0.25) is 0 Å². The Hall–Kier alpha value is -1.78. The third-order valence-corrected chi connectivity index (χ3v) is 3.30. The lowest BCUT2D eigenvalue weighted by atomic mass is 10.0. The molecule has 1 heterocycles. The van der Waals surface area contributed by atoms with Crippen LogP contribution in [0.4, 0.5) is 0 Å². The highest BCUT2D eigenvalue weighted by molar-refractivity contribution is 6.30. The fraction of sp³-hybridized carbons (Fsp3) is 0.267. The molecule has 0 fully saturated rings. The van der Waals surface area contributed by atoms with Crippen LogP contribution in [0.25, 0.3) is 0 Å². The largest absolute Gasteiger partial charge is 0.472 e. The summed E-state index contributed by atoms with van der Waals surface area (Å²) in [4.78, 5) is 12.0. The molecule has 0 spiro atoms. The molecule has 20 heavy (non-hydrogen) atoms. The molecular weight excluding hydrogens is 278 g/mol. The number of nitrogens with one attached hydrogen (secondary N) is 1. The minimum absolute atomic E-state index is 0.191. The fourth-order valence-corrected chi connectivity index (χ4v) is 2.17. The molecule has 0 radical (unpaired) electrons. The minimum Gasteiger partial charge on any atom is -0.472 e. The number of hydrogen-bond acceptors (Lipinski definition) is 3. The number of carbonyl (C=O) groups excluding carboxylic acids is 1. The van der Waals surface area contributed by atoms with Crippen LogP contribution in [0.3, 0.4) is 0 Å². The predicted molar refractivity (Wildman–Crippen MR) is 76.8 cm³/mol. The quantitative estimate of drug-likeness (QED) is 0.919. The molecule has 0 aliphatic carbocycles. The maximum atomic E-state index is 12.0. The van der Waals surface area contributed by atoms with Crippen molar-refractivity contribution in [1.82, 2.24) is 5.32 Å². The summed E-state index contributed by atoms with van der Waals surface area (Å²) in [6, 6.07) is 8.80. The molecule has 0 bridgehead atoms. The van der Waals surface area contributed by atoms with Crippen LogP contribution in [0.2, 0.25) is 5.02 Å². The van der Waals surface area contributed by atoms with Gasteiger partial charge in [-0.1, -0.05) is 23.7 Å². The number of methoxy groups -OCH3 is 1. The lowest BCUT2D eigenvalue weighted by molar-refractivity contribution is 0.0644. The van der Waals surface area contributed by atoms with Crippen molar-refractivity contribution in [3.05, 3.63) is 59.0 Å². The lowest BCUT2D eigenvalue weighted by Crippen LogP contribution is -2.37. The molecule has 0 aliphatic rings. The van der Waals surface area contributed by atoms with Gasteiger partial charge in [-0.15, -0.1) is 0 Å². The molecule has 0 aliphatic heterocycles. The fourth-order valence-electron chi connectivity index (χ4n) is 2.04. The highest BCUT2D eigenvalue weighted by Crippen LogP contribution is 2.22. The lowest BCUT2D eigenvalue weighted by Gasteiger charge is -2.24. The Kier molecular flexibility index (Phi) is 4.82. The third kappa shape index (κ3) is 3.40. The van der Waals surface area contributed by atoms with Crippen LogP contribution < -0.4 is 5.32 Å². The Bertz CT molecular complexity index is 551. The maximum Gasteiger partial charge on any atom is 0.254 e. The normalized spacial score (nSPS) is 13.8. The average Bonchev–Trinajstić information content (AvgIpc) is 2.96. The van der Waals surface area contributed by atoms with E-state index in [2.05, 4.69) is 5.32 Å². The van der Waals surface area contributed by atoms with Gasteiger partial charge in [-0.25, -0.2) is 0 Å². The molecule has 2 atom stereocenters. The highest BCUT2D eigenvalue weighted by atomic mass is 35.5. The van der Waals surface area contributed by atoms with Crippen LogP contribution in [0.1, 0.15) is 28.9 Å². The van der Waals surface area contributed by atoms with Crippen molar-refractivity contribution < 1.29 is 13.9 Å². The summed E-state index contributed by atoms with van der Waals surface area (Å²) in [7, 11) is 1.61. The van der Waals surface area contributed by atoms with Gasteiger partial charge in [-0.2, -0.15) is 0 Å². The van der Waals surface area contributed by atoms with Crippen molar-refractivity contribution in [3.63, 3.8) is 0 Å². The van der Waals surface area contributed by atoms with Crippen molar-refractivity contribution in [1.29, 1.82) is 0 Å². The molecule has 2 unspecified atom stereocenters. The van der Waals surface area contributed by atoms with E-state index < -0.39 is 0 Å². The van der Waals surface area contributed by atoms with Crippen molar-refractivity contribution in [2.75, 3.05) is 7.11 Å². The van der Waals surface area contributed by atoms with E-state index in [9.17, 15) is 4.79 Å². The van der Waals surface area contributed by atoms with E-state index in [1.807, 2.05) is 19.1 Å².